The number of hydrogen-bond donors (Lipinski definition) is 0. The van der Waals surface area contributed by atoms with Crippen LogP contribution in [0.3, 0.4) is 0 Å². The molecule has 1 aliphatic heterocycles. The molecule has 0 bridgehead atoms. The average Bonchev–Trinajstić information content (AvgIpc) is 2.95. The van der Waals surface area contributed by atoms with Crippen LogP contribution in [0.4, 0.5) is 0 Å². The number of aryl methyl sites for hydroxylation is 2. The smallest absolute Gasteiger partial charge is 0.263 e. The van der Waals surface area contributed by atoms with Crippen LogP contribution in [-0.2, 0) is 11.3 Å². The number of fused-ring (bicyclic) bond motifs is 1. The van der Waals surface area contributed by atoms with Gasteiger partial charge in [-0.25, -0.2) is 4.98 Å². The lowest BCUT2D eigenvalue weighted by Gasteiger charge is -2.35. The van der Waals surface area contributed by atoms with Crippen LogP contribution in [0, 0.1) is 13.8 Å². The highest BCUT2D eigenvalue weighted by molar-refractivity contribution is 8.00. The van der Waals surface area contributed by atoms with Crippen molar-refractivity contribution in [2.24, 2.45) is 0 Å². The van der Waals surface area contributed by atoms with E-state index in [-0.39, 0.29) is 16.7 Å². The molecule has 0 aliphatic carbocycles. The van der Waals surface area contributed by atoms with Crippen molar-refractivity contribution in [3.63, 3.8) is 0 Å². The van der Waals surface area contributed by atoms with Gasteiger partial charge in [0.2, 0.25) is 5.91 Å². The molecular weight excluding hydrogens is 380 g/mol. The van der Waals surface area contributed by atoms with E-state index in [9.17, 15) is 9.59 Å². The second-order valence-corrected chi connectivity index (χ2v) is 9.44. The molecule has 1 unspecified atom stereocenters. The van der Waals surface area contributed by atoms with Crippen LogP contribution in [0.5, 0.6) is 0 Å². The third-order valence-corrected chi connectivity index (χ3v) is 7.51. The van der Waals surface area contributed by atoms with Crippen molar-refractivity contribution < 1.29 is 4.79 Å². The lowest BCUT2D eigenvalue weighted by atomic mass is 10.2. The van der Waals surface area contributed by atoms with Crippen LogP contribution in [0.1, 0.15) is 31.2 Å². The zero-order chi connectivity index (χ0) is 19.7. The van der Waals surface area contributed by atoms with E-state index in [0.29, 0.717) is 11.7 Å². The first-order valence-electron chi connectivity index (χ1n) is 9.55. The number of nitrogens with zero attached hydrogens (tertiary/aromatic N) is 4. The Morgan fingerprint density at radius 2 is 1.85 bits per heavy atom. The van der Waals surface area contributed by atoms with E-state index < -0.39 is 0 Å². The molecule has 2 aromatic heterocycles. The van der Waals surface area contributed by atoms with Crippen molar-refractivity contribution in [3.8, 4) is 0 Å². The summed E-state index contributed by atoms with van der Waals surface area (Å²) in [7, 11) is 0. The zero-order valence-corrected chi connectivity index (χ0v) is 18.4. The molecule has 1 fully saturated rings. The number of carbonyl (C=O) groups is 1. The van der Waals surface area contributed by atoms with Gasteiger partial charge < -0.3 is 9.80 Å². The maximum atomic E-state index is 13.0. The van der Waals surface area contributed by atoms with Crippen molar-refractivity contribution in [1.29, 1.82) is 0 Å². The maximum Gasteiger partial charge on any atom is 0.263 e. The summed E-state index contributed by atoms with van der Waals surface area (Å²) in [4.78, 5) is 36.8. The van der Waals surface area contributed by atoms with Crippen molar-refractivity contribution in [2.45, 2.75) is 51.6 Å². The van der Waals surface area contributed by atoms with E-state index in [4.69, 9.17) is 4.98 Å². The number of piperazine rings is 1. The van der Waals surface area contributed by atoms with Crippen LogP contribution in [0.2, 0.25) is 0 Å². The Morgan fingerprint density at radius 1 is 1.19 bits per heavy atom. The first kappa shape index (κ1) is 20.4. The molecule has 0 aromatic carbocycles. The second-order valence-electron chi connectivity index (χ2n) is 6.93. The summed E-state index contributed by atoms with van der Waals surface area (Å²) >= 11 is 2.95. The standard InChI is InChI=1S/C19H28N4O2S2/c1-6-21-8-10-22(11-9-21)17(24)14(5)27-19-20-16-15(12(3)13(4)26-16)18(25)23(19)7-2/h14H,6-11H2,1-5H3. The van der Waals surface area contributed by atoms with E-state index in [2.05, 4.69) is 11.8 Å². The summed E-state index contributed by atoms with van der Waals surface area (Å²) in [5.74, 6) is 0.131. The molecule has 1 atom stereocenters. The molecule has 27 heavy (non-hydrogen) atoms. The Bertz CT molecular complexity index is 897. The largest absolute Gasteiger partial charge is 0.339 e. The number of amides is 1. The Morgan fingerprint density at radius 3 is 2.44 bits per heavy atom. The topological polar surface area (TPSA) is 58.4 Å². The Labute approximate surface area is 168 Å². The molecule has 148 valence electrons. The number of thioether (sulfide) groups is 1. The Hall–Kier alpha value is -1.38. The number of hydrogen-bond acceptors (Lipinski definition) is 6. The van der Waals surface area contributed by atoms with Crippen LogP contribution in [0.25, 0.3) is 10.2 Å². The molecule has 0 N–H and O–H groups in total. The first-order chi connectivity index (χ1) is 12.9. The molecule has 2 aromatic rings. The lowest BCUT2D eigenvalue weighted by molar-refractivity contribution is -0.132. The van der Waals surface area contributed by atoms with Gasteiger partial charge in [-0.05, 0) is 39.8 Å². The van der Waals surface area contributed by atoms with Gasteiger partial charge in [0.05, 0.1) is 10.6 Å². The molecule has 0 radical (unpaired) electrons. The van der Waals surface area contributed by atoms with Gasteiger partial charge in [-0.1, -0.05) is 18.7 Å². The number of rotatable bonds is 5. The van der Waals surface area contributed by atoms with Gasteiger partial charge in [0.1, 0.15) is 4.83 Å². The SMILES string of the molecule is CCN1CCN(C(=O)C(C)Sc2nc3sc(C)c(C)c3c(=O)n2CC)CC1. The third-order valence-electron chi connectivity index (χ3n) is 5.33. The summed E-state index contributed by atoms with van der Waals surface area (Å²) in [5.41, 5.74) is 1.02. The molecule has 6 nitrogen and oxygen atoms in total. The van der Waals surface area contributed by atoms with Gasteiger partial charge in [0.25, 0.3) is 5.56 Å². The fourth-order valence-electron chi connectivity index (χ4n) is 3.43. The van der Waals surface area contributed by atoms with Crippen LogP contribution >= 0.6 is 23.1 Å². The number of aromatic nitrogens is 2. The lowest BCUT2D eigenvalue weighted by Crippen LogP contribution is -2.50. The second kappa shape index (κ2) is 8.32. The fraction of sp³-hybridized carbons (Fsp3) is 0.632. The Kier molecular flexibility index (Phi) is 6.28. The molecule has 3 rings (SSSR count). The highest BCUT2D eigenvalue weighted by Crippen LogP contribution is 2.30. The summed E-state index contributed by atoms with van der Waals surface area (Å²) in [6.07, 6.45) is 0. The molecule has 1 amide bonds. The molecular formula is C19H28N4O2S2. The number of likely N-dealkylation sites (N-methyl/N-ethyl adjacent to an activating group) is 1. The molecule has 0 saturated carbocycles. The normalized spacial score (nSPS) is 16.9. The molecule has 1 aliphatic rings. The van der Waals surface area contributed by atoms with Gasteiger partial charge in [0.15, 0.2) is 5.16 Å². The fourth-order valence-corrected chi connectivity index (χ4v) is 5.55. The van der Waals surface area contributed by atoms with Crippen molar-refractivity contribution in [2.75, 3.05) is 32.7 Å². The number of carbonyl (C=O) groups excluding carboxylic acids is 1. The average molecular weight is 409 g/mol. The summed E-state index contributed by atoms with van der Waals surface area (Å²) in [5, 5.41) is 1.10. The highest BCUT2D eigenvalue weighted by Gasteiger charge is 2.27. The zero-order valence-electron chi connectivity index (χ0n) is 16.7. The molecule has 3 heterocycles. The number of thiophene rings is 1. The Balaban J connectivity index is 1.83. The van der Waals surface area contributed by atoms with Crippen LogP contribution in [-0.4, -0.2) is 63.2 Å². The van der Waals surface area contributed by atoms with Gasteiger partial charge >= 0.3 is 0 Å². The minimum absolute atomic E-state index is 0.00283. The van der Waals surface area contributed by atoms with Crippen molar-refractivity contribution >= 4 is 39.2 Å². The van der Waals surface area contributed by atoms with E-state index in [1.165, 1.54) is 11.8 Å². The van der Waals surface area contributed by atoms with Crippen LogP contribution in [0.15, 0.2) is 9.95 Å². The van der Waals surface area contributed by atoms with Gasteiger partial charge in [-0.15, -0.1) is 11.3 Å². The minimum atomic E-state index is -0.262. The van der Waals surface area contributed by atoms with Crippen molar-refractivity contribution in [3.05, 3.63) is 20.8 Å². The predicted molar refractivity (Wildman–Crippen MR) is 113 cm³/mol. The quantitative estimate of drug-likeness (QED) is 0.562. The summed E-state index contributed by atoms with van der Waals surface area (Å²) in [6, 6.07) is 0. The first-order valence-corrected chi connectivity index (χ1v) is 11.2. The third kappa shape index (κ3) is 3.93. The van der Waals surface area contributed by atoms with Gasteiger partial charge in [0, 0.05) is 37.6 Å². The minimum Gasteiger partial charge on any atom is -0.339 e. The van der Waals surface area contributed by atoms with Gasteiger partial charge in [-0.3, -0.25) is 14.2 Å². The van der Waals surface area contributed by atoms with E-state index in [1.807, 2.05) is 32.6 Å². The van der Waals surface area contributed by atoms with E-state index >= 15 is 0 Å². The molecule has 1 saturated heterocycles. The monoisotopic (exact) mass is 408 g/mol. The summed E-state index contributed by atoms with van der Waals surface area (Å²) in [6.45, 7) is 15.0. The predicted octanol–water partition coefficient (Wildman–Crippen LogP) is 2.74. The maximum absolute atomic E-state index is 13.0. The van der Waals surface area contributed by atoms with E-state index in [0.717, 1.165) is 53.4 Å². The molecule has 8 heteroatoms. The van der Waals surface area contributed by atoms with Crippen LogP contribution < -0.4 is 5.56 Å². The van der Waals surface area contributed by atoms with Crippen molar-refractivity contribution in [1.82, 2.24) is 19.4 Å². The summed E-state index contributed by atoms with van der Waals surface area (Å²) < 4.78 is 1.70. The van der Waals surface area contributed by atoms with E-state index in [1.54, 1.807) is 15.9 Å². The molecule has 0 spiro atoms. The van der Waals surface area contributed by atoms with Gasteiger partial charge in [-0.2, -0.15) is 0 Å². The highest BCUT2D eigenvalue weighted by atomic mass is 32.2.